The summed E-state index contributed by atoms with van der Waals surface area (Å²) in [6.45, 7) is 3.07. The third-order valence-electron chi connectivity index (χ3n) is 4.77. The Morgan fingerprint density at radius 3 is 2.45 bits per heavy atom. The second kappa shape index (κ2) is 9.24. The highest BCUT2D eigenvalue weighted by Crippen LogP contribution is 2.21. The average molecular weight is 426 g/mol. The summed E-state index contributed by atoms with van der Waals surface area (Å²) in [5.41, 5.74) is 2.83. The van der Waals surface area contributed by atoms with E-state index in [1.807, 2.05) is 53.4 Å². The molecule has 3 aromatic rings. The number of hydrogen-bond acceptors (Lipinski definition) is 6. The van der Waals surface area contributed by atoms with Crippen molar-refractivity contribution < 1.29 is 4.79 Å². The summed E-state index contributed by atoms with van der Waals surface area (Å²) in [6, 6.07) is 15.4. The van der Waals surface area contributed by atoms with Gasteiger partial charge in [0.2, 0.25) is 5.91 Å². The Balaban J connectivity index is 1.26. The summed E-state index contributed by atoms with van der Waals surface area (Å²) >= 11 is 7.37. The number of amides is 1. The molecule has 1 aliphatic heterocycles. The zero-order valence-corrected chi connectivity index (χ0v) is 17.3. The molecule has 0 aliphatic carbocycles. The van der Waals surface area contributed by atoms with E-state index in [0.29, 0.717) is 18.8 Å². The van der Waals surface area contributed by atoms with Gasteiger partial charge in [-0.3, -0.25) is 9.78 Å². The number of piperazine rings is 1. The van der Waals surface area contributed by atoms with Crippen LogP contribution in [0.25, 0.3) is 11.3 Å². The number of aromatic nitrogens is 3. The Morgan fingerprint density at radius 1 is 1.00 bits per heavy atom. The van der Waals surface area contributed by atoms with Gasteiger partial charge in [0.05, 0.1) is 11.4 Å². The Hall–Kier alpha value is -2.64. The van der Waals surface area contributed by atoms with E-state index in [-0.39, 0.29) is 5.91 Å². The van der Waals surface area contributed by atoms with E-state index < -0.39 is 0 Å². The maximum atomic E-state index is 12.6. The highest BCUT2D eigenvalue weighted by atomic mass is 35.5. The number of halogens is 1. The van der Waals surface area contributed by atoms with Crippen LogP contribution in [0.2, 0.25) is 5.02 Å². The third kappa shape index (κ3) is 5.05. The van der Waals surface area contributed by atoms with Gasteiger partial charge in [0.15, 0.2) is 0 Å². The lowest BCUT2D eigenvalue weighted by atomic mass is 10.2. The van der Waals surface area contributed by atoms with Crippen LogP contribution in [0.5, 0.6) is 0 Å². The molecular formula is C21H20ClN5OS. The Morgan fingerprint density at radius 2 is 1.79 bits per heavy atom. The smallest absolute Gasteiger partial charge is 0.233 e. The van der Waals surface area contributed by atoms with Crippen LogP contribution in [0.15, 0.2) is 66.0 Å². The summed E-state index contributed by atoms with van der Waals surface area (Å²) in [6.07, 6.45) is 3.48. The lowest BCUT2D eigenvalue weighted by molar-refractivity contribution is -0.128. The molecule has 0 unspecified atom stereocenters. The minimum Gasteiger partial charge on any atom is -0.368 e. The van der Waals surface area contributed by atoms with E-state index in [2.05, 4.69) is 20.1 Å². The predicted octanol–water partition coefficient (Wildman–Crippen LogP) is 3.63. The number of hydrogen-bond donors (Lipinski definition) is 0. The number of benzene rings is 1. The van der Waals surface area contributed by atoms with Gasteiger partial charge in [-0.2, -0.15) is 0 Å². The minimum absolute atomic E-state index is 0.129. The predicted molar refractivity (Wildman–Crippen MR) is 116 cm³/mol. The van der Waals surface area contributed by atoms with Crippen molar-refractivity contribution in [3.05, 3.63) is 65.9 Å². The van der Waals surface area contributed by atoms with Crippen molar-refractivity contribution in [2.75, 3.05) is 36.8 Å². The standard InChI is InChI=1S/C21H20ClN5OS/c22-17-3-5-18(6-4-17)26-10-12-27(13-11-26)21(28)15-29-20-8-7-19(24-25-20)16-2-1-9-23-14-16/h1-9,14H,10-13,15H2. The van der Waals surface area contributed by atoms with Gasteiger partial charge in [0, 0.05) is 54.8 Å². The third-order valence-corrected chi connectivity index (χ3v) is 5.92. The molecule has 1 amide bonds. The van der Waals surface area contributed by atoms with Gasteiger partial charge in [-0.1, -0.05) is 23.4 Å². The van der Waals surface area contributed by atoms with Crippen LogP contribution < -0.4 is 4.90 Å². The molecule has 1 aliphatic rings. The Bertz CT molecular complexity index is 945. The molecule has 3 heterocycles. The molecule has 4 rings (SSSR count). The fourth-order valence-corrected chi connectivity index (χ4v) is 4.00. The Kier molecular flexibility index (Phi) is 6.27. The summed E-state index contributed by atoms with van der Waals surface area (Å²) in [5, 5.41) is 9.94. The summed E-state index contributed by atoms with van der Waals surface area (Å²) in [4.78, 5) is 20.8. The first kappa shape index (κ1) is 19.7. The summed E-state index contributed by atoms with van der Waals surface area (Å²) in [7, 11) is 0. The first-order valence-electron chi connectivity index (χ1n) is 9.34. The van der Waals surface area contributed by atoms with Crippen LogP contribution in [0.1, 0.15) is 0 Å². The van der Waals surface area contributed by atoms with Crippen LogP contribution in [0, 0.1) is 0 Å². The highest BCUT2D eigenvalue weighted by Gasteiger charge is 2.21. The largest absolute Gasteiger partial charge is 0.368 e. The molecule has 29 heavy (non-hydrogen) atoms. The van der Waals surface area contributed by atoms with Gasteiger partial charge in [-0.25, -0.2) is 0 Å². The molecule has 148 valence electrons. The van der Waals surface area contributed by atoms with Crippen LogP contribution in [0.3, 0.4) is 0 Å². The van der Waals surface area contributed by atoms with E-state index in [4.69, 9.17) is 11.6 Å². The zero-order chi connectivity index (χ0) is 20.1. The topological polar surface area (TPSA) is 62.2 Å². The first-order chi connectivity index (χ1) is 14.2. The van der Waals surface area contributed by atoms with Crippen molar-refractivity contribution in [2.45, 2.75) is 5.03 Å². The molecule has 0 bridgehead atoms. The van der Waals surface area contributed by atoms with Gasteiger partial charge in [0.25, 0.3) is 0 Å². The number of rotatable bonds is 5. The van der Waals surface area contributed by atoms with Crippen molar-refractivity contribution in [2.24, 2.45) is 0 Å². The number of carbonyl (C=O) groups is 1. The molecule has 1 aromatic carbocycles. The van der Waals surface area contributed by atoms with Crippen molar-refractivity contribution in [3.63, 3.8) is 0 Å². The summed E-state index contributed by atoms with van der Waals surface area (Å²) in [5.74, 6) is 0.492. The molecule has 0 atom stereocenters. The van der Waals surface area contributed by atoms with E-state index in [1.54, 1.807) is 12.4 Å². The maximum Gasteiger partial charge on any atom is 0.233 e. The monoisotopic (exact) mass is 425 g/mol. The number of nitrogens with zero attached hydrogens (tertiary/aromatic N) is 5. The fourth-order valence-electron chi connectivity index (χ4n) is 3.16. The molecule has 1 saturated heterocycles. The molecule has 1 fully saturated rings. The highest BCUT2D eigenvalue weighted by molar-refractivity contribution is 7.99. The molecule has 6 nitrogen and oxygen atoms in total. The van der Waals surface area contributed by atoms with Crippen molar-refractivity contribution in [1.82, 2.24) is 20.1 Å². The second-order valence-electron chi connectivity index (χ2n) is 6.63. The van der Waals surface area contributed by atoms with Gasteiger partial charge in [-0.05, 0) is 48.5 Å². The van der Waals surface area contributed by atoms with Gasteiger partial charge >= 0.3 is 0 Å². The van der Waals surface area contributed by atoms with Gasteiger partial charge in [-0.15, -0.1) is 10.2 Å². The van der Waals surface area contributed by atoms with E-state index in [1.165, 1.54) is 11.8 Å². The van der Waals surface area contributed by atoms with Crippen LogP contribution in [-0.2, 0) is 4.79 Å². The maximum absolute atomic E-state index is 12.6. The van der Waals surface area contributed by atoms with Crippen molar-refractivity contribution in [3.8, 4) is 11.3 Å². The van der Waals surface area contributed by atoms with Gasteiger partial charge < -0.3 is 9.80 Å². The van der Waals surface area contributed by atoms with Crippen molar-refractivity contribution in [1.29, 1.82) is 0 Å². The molecule has 2 aromatic heterocycles. The zero-order valence-electron chi connectivity index (χ0n) is 15.7. The minimum atomic E-state index is 0.129. The first-order valence-corrected chi connectivity index (χ1v) is 10.7. The molecule has 0 saturated carbocycles. The normalized spacial score (nSPS) is 14.1. The molecule has 0 N–H and O–H groups in total. The van der Waals surface area contributed by atoms with Crippen molar-refractivity contribution >= 4 is 35.0 Å². The Labute approximate surface area is 178 Å². The van der Waals surface area contributed by atoms with Crippen LogP contribution in [0.4, 0.5) is 5.69 Å². The fraction of sp³-hybridized carbons (Fsp3) is 0.238. The van der Waals surface area contributed by atoms with E-state index in [0.717, 1.165) is 40.1 Å². The molecule has 0 spiro atoms. The van der Waals surface area contributed by atoms with E-state index >= 15 is 0 Å². The number of carbonyl (C=O) groups excluding carboxylic acids is 1. The lowest BCUT2D eigenvalue weighted by Gasteiger charge is -2.36. The van der Waals surface area contributed by atoms with Crippen LogP contribution in [-0.4, -0.2) is 57.9 Å². The van der Waals surface area contributed by atoms with Gasteiger partial charge in [0.1, 0.15) is 5.03 Å². The number of anilines is 1. The molecule has 8 heteroatoms. The summed E-state index contributed by atoms with van der Waals surface area (Å²) < 4.78 is 0. The number of pyridine rings is 1. The SMILES string of the molecule is O=C(CSc1ccc(-c2cccnc2)nn1)N1CCN(c2ccc(Cl)cc2)CC1. The van der Waals surface area contributed by atoms with Crippen LogP contribution >= 0.6 is 23.4 Å². The lowest BCUT2D eigenvalue weighted by Crippen LogP contribution is -2.49. The second-order valence-corrected chi connectivity index (χ2v) is 8.06. The quantitative estimate of drug-likeness (QED) is 0.581. The average Bonchev–Trinajstić information content (AvgIpc) is 2.79. The molecular weight excluding hydrogens is 406 g/mol. The molecule has 0 radical (unpaired) electrons. The van der Waals surface area contributed by atoms with E-state index in [9.17, 15) is 4.79 Å². The number of thioether (sulfide) groups is 1.